The Morgan fingerprint density at radius 3 is 2.73 bits per heavy atom. The molecule has 1 saturated carbocycles. The number of rotatable bonds is 4. The van der Waals surface area contributed by atoms with E-state index in [1.54, 1.807) is 6.07 Å². The summed E-state index contributed by atoms with van der Waals surface area (Å²) in [6, 6.07) is 16.1. The van der Waals surface area contributed by atoms with Crippen molar-refractivity contribution in [3.63, 3.8) is 0 Å². The van der Waals surface area contributed by atoms with Gasteiger partial charge in [0.1, 0.15) is 18.4 Å². The van der Waals surface area contributed by atoms with E-state index in [4.69, 9.17) is 0 Å². The van der Waals surface area contributed by atoms with Crippen LogP contribution >= 0.6 is 0 Å². The van der Waals surface area contributed by atoms with Crippen molar-refractivity contribution >= 4 is 22.2 Å². The minimum absolute atomic E-state index is 0.0827. The first-order valence-electron chi connectivity index (χ1n) is 10.4. The molecule has 0 aliphatic heterocycles. The van der Waals surface area contributed by atoms with Crippen molar-refractivity contribution in [3.05, 3.63) is 65.2 Å². The van der Waals surface area contributed by atoms with E-state index in [0.29, 0.717) is 11.2 Å². The average Bonchev–Trinajstić information content (AvgIpc) is 3.21. The molecule has 1 aliphatic rings. The molecule has 1 amide bonds. The number of nitrogens with zero attached hydrogens (tertiary/aromatic N) is 4. The fraction of sp³-hybridized carbons (Fsp3) is 0.304. The molecule has 1 fully saturated rings. The minimum atomic E-state index is -0.324. The maximum absolute atomic E-state index is 12.9. The zero-order valence-corrected chi connectivity index (χ0v) is 16.6. The lowest BCUT2D eigenvalue weighted by Gasteiger charge is -2.22. The molecular weight excluding hydrogens is 378 g/mol. The van der Waals surface area contributed by atoms with Crippen LogP contribution in [0.1, 0.15) is 32.1 Å². The predicted molar refractivity (Wildman–Crippen MR) is 115 cm³/mol. The molecule has 2 aromatic carbocycles. The Kier molecular flexibility index (Phi) is 4.78. The molecule has 1 N–H and O–H groups in total. The van der Waals surface area contributed by atoms with Gasteiger partial charge in [-0.1, -0.05) is 61.7 Å². The van der Waals surface area contributed by atoms with Crippen LogP contribution in [-0.4, -0.2) is 31.3 Å². The molecule has 5 rings (SSSR count). The molecule has 0 atom stereocenters. The Morgan fingerprint density at radius 1 is 1.07 bits per heavy atom. The highest BCUT2D eigenvalue weighted by molar-refractivity contribution is 5.96. The summed E-state index contributed by atoms with van der Waals surface area (Å²) in [6.07, 6.45) is 7.00. The first-order chi connectivity index (χ1) is 14.7. The lowest BCUT2D eigenvalue weighted by molar-refractivity contribution is -0.122. The van der Waals surface area contributed by atoms with Crippen molar-refractivity contribution in [1.29, 1.82) is 0 Å². The van der Waals surface area contributed by atoms with Gasteiger partial charge in [-0.2, -0.15) is 10.2 Å². The Labute approximate surface area is 173 Å². The number of carbonyl (C=O) groups excluding carboxylic acids is 1. The van der Waals surface area contributed by atoms with Crippen molar-refractivity contribution in [1.82, 2.24) is 24.7 Å². The van der Waals surface area contributed by atoms with Gasteiger partial charge >= 0.3 is 0 Å². The van der Waals surface area contributed by atoms with E-state index in [9.17, 15) is 9.59 Å². The maximum Gasteiger partial charge on any atom is 0.293 e. The Balaban J connectivity index is 1.45. The van der Waals surface area contributed by atoms with Gasteiger partial charge in [0.2, 0.25) is 5.91 Å². The van der Waals surface area contributed by atoms with Gasteiger partial charge in [-0.15, -0.1) is 0 Å². The van der Waals surface area contributed by atoms with Gasteiger partial charge < -0.3 is 5.32 Å². The number of amides is 1. The summed E-state index contributed by atoms with van der Waals surface area (Å²) in [4.78, 5) is 25.3. The number of nitrogens with one attached hydrogen (secondary N) is 1. The lowest BCUT2D eigenvalue weighted by atomic mass is 9.95. The van der Waals surface area contributed by atoms with Crippen LogP contribution in [0.15, 0.2) is 59.7 Å². The summed E-state index contributed by atoms with van der Waals surface area (Å²) >= 11 is 0. The van der Waals surface area contributed by atoms with Crippen LogP contribution in [0.5, 0.6) is 0 Å². The zero-order valence-electron chi connectivity index (χ0n) is 16.6. The Morgan fingerprint density at radius 2 is 1.87 bits per heavy atom. The first kappa shape index (κ1) is 18.5. The summed E-state index contributed by atoms with van der Waals surface area (Å²) in [5, 5.41) is 13.9. The van der Waals surface area contributed by atoms with E-state index in [1.807, 2.05) is 42.5 Å². The van der Waals surface area contributed by atoms with Gasteiger partial charge in [0, 0.05) is 11.6 Å². The third-order valence-electron chi connectivity index (χ3n) is 5.82. The van der Waals surface area contributed by atoms with Gasteiger partial charge in [-0.3, -0.25) is 9.59 Å². The Hall–Kier alpha value is -3.48. The van der Waals surface area contributed by atoms with E-state index in [1.165, 1.54) is 21.9 Å². The molecular formula is C23H23N5O2. The van der Waals surface area contributed by atoms with Crippen molar-refractivity contribution in [2.24, 2.45) is 0 Å². The number of aromatic nitrogens is 4. The van der Waals surface area contributed by atoms with Crippen LogP contribution < -0.4 is 10.9 Å². The third-order valence-corrected chi connectivity index (χ3v) is 5.82. The molecule has 152 valence electrons. The lowest BCUT2D eigenvalue weighted by Crippen LogP contribution is -2.40. The topological polar surface area (TPSA) is 81.3 Å². The van der Waals surface area contributed by atoms with E-state index < -0.39 is 0 Å². The van der Waals surface area contributed by atoms with Crippen LogP contribution in [0.4, 0.5) is 0 Å². The molecule has 0 spiro atoms. The highest BCUT2D eigenvalue weighted by Gasteiger charge is 2.17. The molecule has 30 heavy (non-hydrogen) atoms. The number of hydrogen-bond acceptors (Lipinski definition) is 4. The van der Waals surface area contributed by atoms with Crippen LogP contribution in [0.25, 0.3) is 27.5 Å². The second kappa shape index (κ2) is 7.74. The molecule has 1 aliphatic carbocycles. The minimum Gasteiger partial charge on any atom is -0.352 e. The molecule has 4 aromatic rings. The van der Waals surface area contributed by atoms with Gasteiger partial charge in [-0.05, 0) is 29.7 Å². The standard InChI is InChI=1S/C23H23N5O2/c29-22(25-17-9-2-1-3-10-17)14-27-23(30)21-13-20(26-28(21)15-24-27)19-12-6-8-16-7-4-5-11-18(16)19/h4-8,11-13,15,17H,1-3,9-10,14H2,(H,25,29). The summed E-state index contributed by atoms with van der Waals surface area (Å²) in [7, 11) is 0. The number of fused-ring (bicyclic) bond motifs is 2. The molecule has 7 nitrogen and oxygen atoms in total. The Bertz CT molecular complexity index is 1280. The van der Waals surface area contributed by atoms with Crippen molar-refractivity contribution in [3.8, 4) is 11.3 Å². The second-order valence-corrected chi connectivity index (χ2v) is 7.88. The molecule has 2 heterocycles. The second-order valence-electron chi connectivity index (χ2n) is 7.88. The summed E-state index contributed by atoms with van der Waals surface area (Å²) in [5.41, 5.74) is 1.74. The monoisotopic (exact) mass is 401 g/mol. The zero-order chi connectivity index (χ0) is 20.5. The normalized spacial score (nSPS) is 14.9. The van der Waals surface area contributed by atoms with E-state index in [-0.39, 0.29) is 24.1 Å². The van der Waals surface area contributed by atoms with E-state index >= 15 is 0 Å². The number of carbonyl (C=O) groups is 1. The van der Waals surface area contributed by atoms with Crippen molar-refractivity contribution in [2.75, 3.05) is 0 Å². The molecule has 2 aromatic heterocycles. The summed E-state index contributed by atoms with van der Waals surface area (Å²) < 4.78 is 2.69. The van der Waals surface area contributed by atoms with Gasteiger partial charge in [-0.25, -0.2) is 9.20 Å². The van der Waals surface area contributed by atoms with Gasteiger partial charge in [0.15, 0.2) is 0 Å². The largest absolute Gasteiger partial charge is 0.352 e. The van der Waals surface area contributed by atoms with Crippen molar-refractivity contribution < 1.29 is 4.79 Å². The van der Waals surface area contributed by atoms with Crippen molar-refractivity contribution in [2.45, 2.75) is 44.7 Å². The fourth-order valence-corrected chi connectivity index (χ4v) is 4.29. The van der Waals surface area contributed by atoms with Crippen LogP contribution in [0, 0.1) is 0 Å². The SMILES string of the molecule is O=C(Cn1ncn2nc(-c3cccc4ccccc34)cc2c1=O)NC1CCCCC1. The van der Waals surface area contributed by atoms with Crippen LogP contribution in [-0.2, 0) is 11.3 Å². The molecule has 0 bridgehead atoms. The maximum atomic E-state index is 12.9. The fourth-order valence-electron chi connectivity index (χ4n) is 4.29. The van der Waals surface area contributed by atoms with Crippen LogP contribution in [0.3, 0.4) is 0 Å². The predicted octanol–water partition coefficient (Wildman–Crippen LogP) is 3.16. The molecule has 7 heteroatoms. The van der Waals surface area contributed by atoms with E-state index in [2.05, 4.69) is 15.5 Å². The first-order valence-corrected chi connectivity index (χ1v) is 10.4. The quantitative estimate of drug-likeness (QED) is 0.570. The highest BCUT2D eigenvalue weighted by Crippen LogP contribution is 2.27. The molecule has 0 saturated heterocycles. The smallest absolute Gasteiger partial charge is 0.293 e. The van der Waals surface area contributed by atoms with Gasteiger partial charge in [0.05, 0.1) is 5.69 Å². The van der Waals surface area contributed by atoms with Crippen LogP contribution in [0.2, 0.25) is 0 Å². The number of benzene rings is 2. The number of hydrogen-bond donors (Lipinski definition) is 1. The summed E-state index contributed by atoms with van der Waals surface area (Å²) in [6.45, 7) is -0.0827. The third kappa shape index (κ3) is 3.47. The van der Waals surface area contributed by atoms with Gasteiger partial charge in [0.25, 0.3) is 5.56 Å². The molecule has 0 unspecified atom stereocenters. The average molecular weight is 401 g/mol. The van der Waals surface area contributed by atoms with E-state index in [0.717, 1.165) is 42.0 Å². The highest BCUT2D eigenvalue weighted by atomic mass is 16.2. The summed E-state index contributed by atoms with van der Waals surface area (Å²) in [5.74, 6) is -0.172. The molecule has 0 radical (unpaired) electrons.